The molecule has 2 aromatic carbocycles. The van der Waals surface area contributed by atoms with E-state index in [9.17, 15) is 18.0 Å². The van der Waals surface area contributed by atoms with Crippen LogP contribution in [-0.4, -0.2) is 26.2 Å². The number of rotatable bonds is 7. The zero-order chi connectivity index (χ0) is 20.1. The Balaban J connectivity index is 2.24. The molecule has 0 aliphatic carbocycles. The molecule has 0 heterocycles. The summed E-state index contributed by atoms with van der Waals surface area (Å²) in [6.45, 7) is 3.59. The Morgan fingerprint density at radius 1 is 1.04 bits per heavy atom. The molecule has 0 aromatic heterocycles. The molecule has 7 heteroatoms. The second-order valence-corrected chi connectivity index (χ2v) is 6.50. The van der Waals surface area contributed by atoms with E-state index in [1.807, 2.05) is 6.07 Å². The predicted octanol–water partition coefficient (Wildman–Crippen LogP) is 4.65. The number of benzene rings is 2. The molecule has 0 aliphatic heterocycles. The fourth-order valence-corrected chi connectivity index (χ4v) is 2.46. The summed E-state index contributed by atoms with van der Waals surface area (Å²) < 4.78 is 50.0. The van der Waals surface area contributed by atoms with Crippen LogP contribution in [0.15, 0.2) is 48.5 Å². The van der Waals surface area contributed by atoms with Gasteiger partial charge in [0.1, 0.15) is 12.4 Å². The summed E-state index contributed by atoms with van der Waals surface area (Å²) in [5.41, 5.74) is -1.05. The first kappa shape index (κ1) is 20.8. The number of amides is 1. The maximum absolute atomic E-state index is 13.3. The lowest BCUT2D eigenvalue weighted by Gasteiger charge is -2.24. The summed E-state index contributed by atoms with van der Waals surface area (Å²) in [5.74, 6) is -0.713. The van der Waals surface area contributed by atoms with Gasteiger partial charge in [-0.2, -0.15) is 13.2 Å². The smallest absolute Gasteiger partial charge is 0.420 e. The Hall–Kier alpha value is -2.54. The Morgan fingerprint density at radius 2 is 1.70 bits per heavy atom. The van der Waals surface area contributed by atoms with Gasteiger partial charge in [-0.25, -0.2) is 0 Å². The van der Waals surface area contributed by atoms with E-state index in [4.69, 9.17) is 9.47 Å². The first-order chi connectivity index (χ1) is 12.7. The van der Waals surface area contributed by atoms with Crippen LogP contribution in [0.5, 0.6) is 5.75 Å². The van der Waals surface area contributed by atoms with Crippen LogP contribution >= 0.6 is 0 Å². The van der Waals surface area contributed by atoms with Gasteiger partial charge < -0.3 is 14.8 Å². The topological polar surface area (TPSA) is 47.6 Å². The third-order valence-electron chi connectivity index (χ3n) is 4.15. The molecule has 27 heavy (non-hydrogen) atoms. The van der Waals surface area contributed by atoms with Gasteiger partial charge in [-0.1, -0.05) is 30.3 Å². The van der Waals surface area contributed by atoms with Crippen molar-refractivity contribution in [3.05, 3.63) is 59.7 Å². The van der Waals surface area contributed by atoms with E-state index in [-0.39, 0.29) is 24.7 Å². The standard InChI is InChI=1S/C20H22F3NO3/c1-19(2,14-7-5-4-6-8-14)18(25)24-15-9-10-17(27-12-11-26-3)16(13-15)20(21,22)23/h4-10,13H,11-12H2,1-3H3,(H,24,25). The summed E-state index contributed by atoms with van der Waals surface area (Å²) >= 11 is 0. The molecule has 1 amide bonds. The van der Waals surface area contributed by atoms with Crippen molar-refractivity contribution in [3.63, 3.8) is 0 Å². The highest BCUT2D eigenvalue weighted by molar-refractivity contribution is 5.98. The molecule has 0 unspecified atom stereocenters. The quantitative estimate of drug-likeness (QED) is 0.711. The zero-order valence-corrected chi connectivity index (χ0v) is 15.4. The number of hydrogen-bond acceptors (Lipinski definition) is 3. The second-order valence-electron chi connectivity index (χ2n) is 6.50. The van der Waals surface area contributed by atoms with Crippen molar-refractivity contribution in [1.82, 2.24) is 0 Å². The van der Waals surface area contributed by atoms with Gasteiger partial charge in [0.25, 0.3) is 0 Å². The van der Waals surface area contributed by atoms with Crippen molar-refractivity contribution < 1.29 is 27.4 Å². The van der Waals surface area contributed by atoms with Gasteiger partial charge in [0.2, 0.25) is 5.91 Å². The summed E-state index contributed by atoms with van der Waals surface area (Å²) in [7, 11) is 1.43. The molecule has 1 N–H and O–H groups in total. The van der Waals surface area contributed by atoms with Gasteiger partial charge in [0.05, 0.1) is 17.6 Å². The van der Waals surface area contributed by atoms with E-state index < -0.39 is 23.1 Å². The first-order valence-corrected chi connectivity index (χ1v) is 8.36. The van der Waals surface area contributed by atoms with Gasteiger partial charge >= 0.3 is 6.18 Å². The highest BCUT2D eigenvalue weighted by atomic mass is 19.4. The van der Waals surface area contributed by atoms with Crippen LogP contribution in [0, 0.1) is 0 Å². The van der Waals surface area contributed by atoms with Gasteiger partial charge in [-0.15, -0.1) is 0 Å². The minimum Gasteiger partial charge on any atom is -0.491 e. The van der Waals surface area contributed by atoms with Crippen molar-refractivity contribution >= 4 is 11.6 Å². The summed E-state index contributed by atoms with van der Waals surface area (Å²) in [5, 5.41) is 2.57. The minimum absolute atomic E-state index is 0.00762. The Labute approximate surface area is 156 Å². The number of methoxy groups -OCH3 is 1. The predicted molar refractivity (Wildman–Crippen MR) is 96.9 cm³/mol. The van der Waals surface area contributed by atoms with Crippen LogP contribution in [0.3, 0.4) is 0 Å². The summed E-state index contributed by atoms with van der Waals surface area (Å²) in [6, 6.07) is 12.5. The average molecular weight is 381 g/mol. The number of hydrogen-bond donors (Lipinski definition) is 1. The molecule has 0 radical (unpaired) electrons. The van der Waals surface area contributed by atoms with Gasteiger partial charge in [-0.3, -0.25) is 4.79 Å². The fourth-order valence-electron chi connectivity index (χ4n) is 2.46. The highest BCUT2D eigenvalue weighted by Crippen LogP contribution is 2.38. The minimum atomic E-state index is -4.61. The van der Waals surface area contributed by atoms with E-state index >= 15 is 0 Å². The summed E-state index contributed by atoms with van der Waals surface area (Å²) in [4.78, 5) is 12.7. The van der Waals surface area contributed by atoms with Crippen molar-refractivity contribution in [2.75, 3.05) is 25.6 Å². The third-order valence-corrected chi connectivity index (χ3v) is 4.15. The SMILES string of the molecule is COCCOc1ccc(NC(=O)C(C)(C)c2ccccc2)cc1C(F)(F)F. The normalized spacial score (nSPS) is 11.9. The lowest BCUT2D eigenvalue weighted by molar-refractivity contribution is -0.139. The monoisotopic (exact) mass is 381 g/mol. The molecule has 4 nitrogen and oxygen atoms in total. The number of ether oxygens (including phenoxy) is 2. The highest BCUT2D eigenvalue weighted by Gasteiger charge is 2.35. The van der Waals surface area contributed by atoms with Crippen LogP contribution in [0.4, 0.5) is 18.9 Å². The second kappa shape index (κ2) is 8.43. The number of carbonyl (C=O) groups is 1. The zero-order valence-electron chi connectivity index (χ0n) is 15.4. The number of nitrogens with one attached hydrogen (secondary N) is 1. The molecule has 0 saturated carbocycles. The molecule has 0 saturated heterocycles. The van der Waals surface area contributed by atoms with Crippen molar-refractivity contribution in [2.24, 2.45) is 0 Å². The molecule has 0 spiro atoms. The molecule has 0 bridgehead atoms. The largest absolute Gasteiger partial charge is 0.491 e. The Morgan fingerprint density at radius 3 is 2.30 bits per heavy atom. The van der Waals surface area contributed by atoms with E-state index in [0.29, 0.717) is 0 Å². The molecule has 0 fully saturated rings. The fraction of sp³-hybridized carbons (Fsp3) is 0.350. The molecule has 2 rings (SSSR count). The lowest BCUT2D eigenvalue weighted by atomic mass is 9.83. The van der Waals surface area contributed by atoms with Crippen molar-refractivity contribution in [2.45, 2.75) is 25.4 Å². The van der Waals surface area contributed by atoms with Crippen molar-refractivity contribution in [1.29, 1.82) is 0 Å². The van der Waals surface area contributed by atoms with Crippen LogP contribution in [0.1, 0.15) is 25.0 Å². The van der Waals surface area contributed by atoms with Crippen LogP contribution in [-0.2, 0) is 21.1 Å². The van der Waals surface area contributed by atoms with Crippen molar-refractivity contribution in [3.8, 4) is 5.75 Å². The number of carbonyl (C=O) groups excluding carboxylic acids is 1. The number of alkyl halides is 3. The average Bonchev–Trinajstić information content (AvgIpc) is 2.62. The van der Waals surface area contributed by atoms with Crippen LogP contribution in [0.25, 0.3) is 0 Å². The van der Waals surface area contributed by atoms with Gasteiger partial charge in [0, 0.05) is 12.8 Å². The maximum atomic E-state index is 13.3. The van der Waals surface area contributed by atoms with E-state index in [1.165, 1.54) is 19.2 Å². The van der Waals surface area contributed by atoms with Crippen LogP contribution in [0.2, 0.25) is 0 Å². The van der Waals surface area contributed by atoms with E-state index in [0.717, 1.165) is 11.6 Å². The van der Waals surface area contributed by atoms with Gasteiger partial charge in [-0.05, 0) is 37.6 Å². The van der Waals surface area contributed by atoms with E-state index in [1.54, 1.807) is 38.1 Å². The Bertz CT molecular complexity index is 774. The molecule has 146 valence electrons. The third kappa shape index (κ3) is 5.23. The molecular formula is C20H22F3NO3. The number of anilines is 1. The molecule has 2 aromatic rings. The molecule has 0 aliphatic rings. The summed E-state index contributed by atoms with van der Waals surface area (Å²) in [6.07, 6.45) is -4.61. The van der Waals surface area contributed by atoms with Crippen LogP contribution < -0.4 is 10.1 Å². The first-order valence-electron chi connectivity index (χ1n) is 8.36. The lowest BCUT2D eigenvalue weighted by Crippen LogP contribution is -2.34. The Kier molecular flexibility index (Phi) is 6.49. The van der Waals surface area contributed by atoms with E-state index in [2.05, 4.69) is 5.32 Å². The van der Waals surface area contributed by atoms with Gasteiger partial charge in [0.15, 0.2) is 0 Å². The maximum Gasteiger partial charge on any atom is 0.420 e. The number of halogens is 3. The molecular weight excluding hydrogens is 359 g/mol. The molecule has 0 atom stereocenters.